The number of aliphatic carboxylic acids is 1. The number of ether oxygens (including phenoxy) is 1. The van der Waals surface area contributed by atoms with Crippen LogP contribution < -0.4 is 0 Å². The number of carboxylic acids is 1. The van der Waals surface area contributed by atoms with E-state index in [-0.39, 0.29) is 23.9 Å². The van der Waals surface area contributed by atoms with Gasteiger partial charge in [-0.15, -0.1) is 0 Å². The number of hydrogen-bond donors (Lipinski definition) is 2. The van der Waals surface area contributed by atoms with E-state index in [4.69, 9.17) is 9.84 Å². The lowest BCUT2D eigenvalue weighted by Crippen LogP contribution is -2.15. The van der Waals surface area contributed by atoms with Gasteiger partial charge in [-0.25, -0.2) is 0 Å². The third kappa shape index (κ3) is 3.97. The van der Waals surface area contributed by atoms with Crippen molar-refractivity contribution in [3.63, 3.8) is 0 Å². The maximum Gasteiger partial charge on any atom is 0.303 e. The molecule has 4 nitrogen and oxygen atoms in total. The minimum atomic E-state index is -0.802. The standard InChI is InChI=1S/C17H24O4/c1-10-5-11(7-14(16(10)20)17(2,3)4)12(8-15(18)19)6-13-9-21-13/h5,7,12-13,20H,6,8-9H2,1-4H3,(H,18,19). The molecule has 2 unspecified atom stereocenters. The van der Waals surface area contributed by atoms with Crippen molar-refractivity contribution in [1.29, 1.82) is 0 Å². The molecule has 2 rings (SSSR count). The summed E-state index contributed by atoms with van der Waals surface area (Å²) in [6, 6.07) is 3.86. The fourth-order valence-corrected chi connectivity index (χ4v) is 2.68. The fourth-order valence-electron chi connectivity index (χ4n) is 2.68. The maximum atomic E-state index is 11.1. The molecule has 1 aliphatic rings. The van der Waals surface area contributed by atoms with Crippen LogP contribution in [0.5, 0.6) is 5.75 Å². The van der Waals surface area contributed by atoms with Gasteiger partial charge in [0.25, 0.3) is 0 Å². The van der Waals surface area contributed by atoms with Gasteiger partial charge in [-0.05, 0) is 41.4 Å². The summed E-state index contributed by atoms with van der Waals surface area (Å²) in [5.41, 5.74) is 2.46. The van der Waals surface area contributed by atoms with Crippen LogP contribution in [0.2, 0.25) is 0 Å². The Morgan fingerprint density at radius 2 is 2.05 bits per heavy atom. The van der Waals surface area contributed by atoms with Gasteiger partial charge in [0.1, 0.15) is 5.75 Å². The predicted molar refractivity (Wildman–Crippen MR) is 80.9 cm³/mol. The number of hydrogen-bond acceptors (Lipinski definition) is 3. The molecule has 1 saturated heterocycles. The van der Waals surface area contributed by atoms with Crippen molar-refractivity contribution < 1.29 is 19.7 Å². The van der Waals surface area contributed by atoms with Crippen molar-refractivity contribution in [3.05, 3.63) is 28.8 Å². The van der Waals surface area contributed by atoms with Crippen LogP contribution in [-0.2, 0) is 14.9 Å². The van der Waals surface area contributed by atoms with Gasteiger partial charge >= 0.3 is 5.97 Å². The van der Waals surface area contributed by atoms with Crippen LogP contribution >= 0.6 is 0 Å². The summed E-state index contributed by atoms with van der Waals surface area (Å²) in [6.45, 7) is 8.71. The summed E-state index contributed by atoms with van der Waals surface area (Å²) in [7, 11) is 0. The van der Waals surface area contributed by atoms with Gasteiger partial charge in [-0.2, -0.15) is 0 Å². The number of carbonyl (C=O) groups is 1. The molecule has 0 bridgehead atoms. The number of aromatic hydroxyl groups is 1. The van der Waals surface area contributed by atoms with Gasteiger partial charge in [0.2, 0.25) is 0 Å². The molecule has 0 saturated carbocycles. The Morgan fingerprint density at radius 1 is 1.43 bits per heavy atom. The normalized spacial score (nSPS) is 19.3. The third-order valence-corrected chi connectivity index (χ3v) is 3.97. The zero-order chi connectivity index (χ0) is 15.8. The summed E-state index contributed by atoms with van der Waals surface area (Å²) in [5.74, 6) is -0.568. The SMILES string of the molecule is Cc1cc(C(CC(=O)O)CC2CO2)cc(C(C)(C)C)c1O. The zero-order valence-electron chi connectivity index (χ0n) is 13.1. The lowest BCUT2D eigenvalue weighted by atomic mass is 9.81. The van der Waals surface area contributed by atoms with E-state index in [0.29, 0.717) is 5.75 Å². The molecule has 0 amide bonds. The highest BCUT2D eigenvalue weighted by Gasteiger charge is 2.30. The zero-order valence-corrected chi connectivity index (χ0v) is 13.1. The Labute approximate surface area is 125 Å². The lowest BCUT2D eigenvalue weighted by molar-refractivity contribution is -0.137. The number of phenols is 1. The van der Waals surface area contributed by atoms with E-state index in [9.17, 15) is 9.90 Å². The summed E-state index contributed by atoms with van der Waals surface area (Å²) in [6.07, 6.45) is 0.995. The first kappa shape index (κ1) is 15.8. The van der Waals surface area contributed by atoms with Crippen LogP contribution in [0.3, 0.4) is 0 Å². The maximum absolute atomic E-state index is 11.1. The molecule has 2 atom stereocenters. The molecule has 1 fully saturated rings. The molecule has 1 aliphatic heterocycles. The molecule has 1 aromatic rings. The summed E-state index contributed by atoms with van der Waals surface area (Å²) < 4.78 is 5.25. The van der Waals surface area contributed by atoms with Crippen molar-refractivity contribution in [1.82, 2.24) is 0 Å². The van der Waals surface area contributed by atoms with E-state index in [2.05, 4.69) is 0 Å². The van der Waals surface area contributed by atoms with Crippen LogP contribution in [-0.4, -0.2) is 28.9 Å². The molecule has 0 spiro atoms. The van der Waals surface area contributed by atoms with E-state index < -0.39 is 5.97 Å². The Bertz CT molecular complexity index is 538. The highest BCUT2D eigenvalue weighted by atomic mass is 16.6. The fraction of sp³-hybridized carbons (Fsp3) is 0.588. The molecule has 116 valence electrons. The third-order valence-electron chi connectivity index (χ3n) is 3.97. The average Bonchev–Trinajstić information content (AvgIpc) is 3.13. The van der Waals surface area contributed by atoms with Crippen molar-refractivity contribution in [2.24, 2.45) is 0 Å². The molecule has 0 aromatic heterocycles. The lowest BCUT2D eigenvalue weighted by Gasteiger charge is -2.24. The highest BCUT2D eigenvalue weighted by Crippen LogP contribution is 2.38. The molecule has 1 aromatic carbocycles. The summed E-state index contributed by atoms with van der Waals surface area (Å²) in [4.78, 5) is 11.1. The molecule has 4 heteroatoms. The topological polar surface area (TPSA) is 70.1 Å². The Morgan fingerprint density at radius 3 is 2.52 bits per heavy atom. The number of rotatable bonds is 5. The van der Waals surface area contributed by atoms with Gasteiger partial charge < -0.3 is 14.9 Å². The van der Waals surface area contributed by atoms with E-state index in [1.165, 1.54) is 0 Å². The van der Waals surface area contributed by atoms with Gasteiger partial charge in [0.05, 0.1) is 19.1 Å². The molecule has 21 heavy (non-hydrogen) atoms. The van der Waals surface area contributed by atoms with E-state index in [1.54, 1.807) is 0 Å². The summed E-state index contributed by atoms with van der Waals surface area (Å²) >= 11 is 0. The van der Waals surface area contributed by atoms with Crippen LogP contribution in [0, 0.1) is 6.92 Å². The van der Waals surface area contributed by atoms with Gasteiger partial charge in [-0.1, -0.05) is 32.9 Å². The first-order valence-electron chi connectivity index (χ1n) is 7.36. The molecule has 2 N–H and O–H groups in total. The Kier molecular flexibility index (Phi) is 4.28. The van der Waals surface area contributed by atoms with Crippen LogP contribution in [0.15, 0.2) is 12.1 Å². The number of aryl methyl sites for hydroxylation is 1. The van der Waals surface area contributed by atoms with Crippen LogP contribution in [0.25, 0.3) is 0 Å². The Balaban J connectivity index is 2.39. The smallest absolute Gasteiger partial charge is 0.303 e. The molecule has 0 aliphatic carbocycles. The second-order valence-corrected chi connectivity index (χ2v) is 6.97. The molecular formula is C17H24O4. The van der Waals surface area contributed by atoms with E-state index in [1.807, 2.05) is 39.8 Å². The van der Waals surface area contributed by atoms with Crippen molar-refractivity contribution in [2.45, 2.75) is 58.0 Å². The first-order chi connectivity index (χ1) is 9.68. The highest BCUT2D eigenvalue weighted by molar-refractivity contribution is 5.68. The van der Waals surface area contributed by atoms with Gasteiger partial charge in [0.15, 0.2) is 0 Å². The largest absolute Gasteiger partial charge is 0.507 e. The second kappa shape index (κ2) is 5.68. The van der Waals surface area contributed by atoms with Crippen LogP contribution in [0.4, 0.5) is 0 Å². The number of epoxide rings is 1. The number of phenolic OH excluding ortho intramolecular Hbond substituents is 1. The van der Waals surface area contributed by atoms with Crippen molar-refractivity contribution in [3.8, 4) is 5.75 Å². The quantitative estimate of drug-likeness (QED) is 0.817. The number of benzene rings is 1. The minimum Gasteiger partial charge on any atom is -0.507 e. The van der Waals surface area contributed by atoms with E-state index in [0.717, 1.165) is 29.7 Å². The van der Waals surface area contributed by atoms with Gasteiger partial charge in [-0.3, -0.25) is 4.79 Å². The summed E-state index contributed by atoms with van der Waals surface area (Å²) in [5, 5.41) is 19.4. The Hall–Kier alpha value is -1.55. The van der Waals surface area contributed by atoms with Crippen LogP contribution in [0.1, 0.15) is 56.2 Å². The average molecular weight is 292 g/mol. The van der Waals surface area contributed by atoms with Crippen molar-refractivity contribution in [2.75, 3.05) is 6.61 Å². The minimum absolute atomic E-state index is 0.0737. The molecular weight excluding hydrogens is 268 g/mol. The second-order valence-electron chi connectivity index (χ2n) is 6.97. The predicted octanol–water partition coefficient (Wildman–Crippen LogP) is 3.35. The molecule has 1 heterocycles. The molecule has 0 radical (unpaired) electrons. The van der Waals surface area contributed by atoms with E-state index >= 15 is 0 Å². The van der Waals surface area contributed by atoms with Crippen molar-refractivity contribution >= 4 is 5.97 Å². The first-order valence-corrected chi connectivity index (χ1v) is 7.36. The van der Waals surface area contributed by atoms with Gasteiger partial charge in [0, 0.05) is 0 Å². The monoisotopic (exact) mass is 292 g/mol. The number of carboxylic acid groups (broad SMARTS) is 1.